The molecule has 3 N–H and O–H groups in total. The van der Waals surface area contributed by atoms with E-state index in [0.29, 0.717) is 24.2 Å². The van der Waals surface area contributed by atoms with E-state index in [-0.39, 0.29) is 16.8 Å². The van der Waals surface area contributed by atoms with Crippen LogP contribution in [-0.4, -0.2) is 20.9 Å². The molecule has 1 heterocycles. The first-order valence-electron chi connectivity index (χ1n) is 7.52. The lowest BCUT2D eigenvalue weighted by Crippen LogP contribution is -2.32. The maximum atomic E-state index is 12.6. The maximum Gasteiger partial charge on any atom is 0.252 e. The number of primary sulfonamides is 1. The molecule has 126 valence electrons. The summed E-state index contributed by atoms with van der Waals surface area (Å²) in [6.07, 6.45) is 0.649. The molecular weight excluding hydrogens is 328 g/mol. The van der Waals surface area contributed by atoms with Gasteiger partial charge in [0, 0.05) is 17.5 Å². The quantitative estimate of drug-likeness (QED) is 0.887. The molecule has 0 radical (unpaired) electrons. The fourth-order valence-corrected chi connectivity index (χ4v) is 3.29. The molecule has 0 unspecified atom stereocenters. The number of ether oxygens (including phenoxy) is 1. The van der Waals surface area contributed by atoms with Gasteiger partial charge in [0.2, 0.25) is 10.0 Å². The average Bonchev–Trinajstić information content (AvgIpc) is 2.54. The van der Waals surface area contributed by atoms with Crippen LogP contribution < -0.4 is 15.2 Å². The van der Waals surface area contributed by atoms with E-state index in [1.54, 1.807) is 13.0 Å². The van der Waals surface area contributed by atoms with Crippen LogP contribution in [0.5, 0.6) is 5.75 Å². The van der Waals surface area contributed by atoms with Gasteiger partial charge in [-0.25, -0.2) is 13.6 Å². The Morgan fingerprint density at radius 3 is 2.75 bits per heavy atom. The Morgan fingerprint density at radius 2 is 2.00 bits per heavy atom. The number of carbonyl (C=O) groups excluding carboxylic acids is 1. The summed E-state index contributed by atoms with van der Waals surface area (Å²) < 4.78 is 28.6. The van der Waals surface area contributed by atoms with Gasteiger partial charge in [-0.1, -0.05) is 24.3 Å². The van der Waals surface area contributed by atoms with Crippen molar-refractivity contribution in [1.29, 1.82) is 0 Å². The molecule has 0 aliphatic carbocycles. The monoisotopic (exact) mass is 346 g/mol. The van der Waals surface area contributed by atoms with Gasteiger partial charge in [0.1, 0.15) is 5.75 Å². The van der Waals surface area contributed by atoms with Gasteiger partial charge in [-0.3, -0.25) is 4.79 Å². The summed E-state index contributed by atoms with van der Waals surface area (Å²) in [4.78, 5) is 12.6. The first kappa shape index (κ1) is 16.5. The van der Waals surface area contributed by atoms with E-state index in [0.717, 1.165) is 11.3 Å². The van der Waals surface area contributed by atoms with Crippen LogP contribution in [0.25, 0.3) is 0 Å². The molecule has 0 fully saturated rings. The highest BCUT2D eigenvalue weighted by molar-refractivity contribution is 7.89. The normalized spacial score (nSPS) is 16.8. The van der Waals surface area contributed by atoms with Gasteiger partial charge in [-0.2, -0.15) is 0 Å². The molecule has 0 saturated carbocycles. The van der Waals surface area contributed by atoms with Crippen molar-refractivity contribution in [3.63, 3.8) is 0 Å². The van der Waals surface area contributed by atoms with Gasteiger partial charge in [-0.05, 0) is 30.7 Å². The molecule has 2 aromatic carbocycles. The second-order valence-electron chi connectivity index (χ2n) is 5.72. The minimum Gasteiger partial charge on any atom is -0.493 e. The number of benzene rings is 2. The van der Waals surface area contributed by atoms with Gasteiger partial charge in [-0.15, -0.1) is 0 Å². The van der Waals surface area contributed by atoms with Gasteiger partial charge in [0.05, 0.1) is 17.5 Å². The van der Waals surface area contributed by atoms with Crippen molar-refractivity contribution in [3.8, 4) is 5.75 Å². The van der Waals surface area contributed by atoms with Crippen molar-refractivity contribution in [3.05, 3.63) is 59.2 Å². The zero-order chi connectivity index (χ0) is 17.3. The Kier molecular flexibility index (Phi) is 4.29. The Hall–Kier alpha value is -2.38. The topological polar surface area (TPSA) is 98.5 Å². The summed E-state index contributed by atoms with van der Waals surface area (Å²) in [7, 11) is -3.86. The second-order valence-corrected chi connectivity index (χ2v) is 7.28. The fraction of sp³-hybridized carbons (Fsp3) is 0.235. The predicted octanol–water partition coefficient (Wildman–Crippen LogP) is 1.90. The van der Waals surface area contributed by atoms with E-state index < -0.39 is 10.0 Å². The van der Waals surface area contributed by atoms with Crippen LogP contribution in [0.2, 0.25) is 0 Å². The van der Waals surface area contributed by atoms with Crippen molar-refractivity contribution < 1.29 is 17.9 Å². The maximum absolute atomic E-state index is 12.6. The van der Waals surface area contributed by atoms with Gasteiger partial charge < -0.3 is 10.1 Å². The van der Waals surface area contributed by atoms with Crippen LogP contribution in [0, 0.1) is 6.92 Å². The molecule has 1 aliphatic rings. The van der Waals surface area contributed by atoms with Crippen molar-refractivity contribution in [2.45, 2.75) is 24.3 Å². The number of hydrogen-bond acceptors (Lipinski definition) is 4. The fourth-order valence-electron chi connectivity index (χ4n) is 2.75. The number of sulfonamides is 1. The molecule has 0 saturated heterocycles. The Labute approximate surface area is 140 Å². The van der Waals surface area contributed by atoms with E-state index in [9.17, 15) is 13.2 Å². The van der Waals surface area contributed by atoms with Gasteiger partial charge in [0.15, 0.2) is 0 Å². The van der Waals surface area contributed by atoms with Gasteiger partial charge in [0.25, 0.3) is 5.91 Å². The third kappa shape index (κ3) is 3.27. The van der Waals surface area contributed by atoms with E-state index >= 15 is 0 Å². The van der Waals surface area contributed by atoms with Crippen LogP contribution in [0.1, 0.15) is 33.9 Å². The van der Waals surface area contributed by atoms with Crippen molar-refractivity contribution >= 4 is 15.9 Å². The van der Waals surface area contributed by atoms with Crippen molar-refractivity contribution in [2.75, 3.05) is 6.61 Å². The number of aryl methyl sites for hydroxylation is 1. The summed E-state index contributed by atoms with van der Waals surface area (Å²) in [5.74, 6) is 0.420. The highest BCUT2D eigenvalue weighted by Gasteiger charge is 2.24. The van der Waals surface area contributed by atoms with Crippen molar-refractivity contribution in [2.24, 2.45) is 5.14 Å². The molecule has 1 atom stereocenters. The molecule has 3 rings (SSSR count). The van der Waals surface area contributed by atoms with E-state index in [2.05, 4.69) is 5.32 Å². The zero-order valence-corrected chi connectivity index (χ0v) is 14.0. The predicted molar refractivity (Wildman–Crippen MR) is 89.3 cm³/mol. The Bertz CT molecular complexity index is 893. The number of carbonyl (C=O) groups is 1. The van der Waals surface area contributed by atoms with Crippen LogP contribution in [-0.2, 0) is 10.0 Å². The molecule has 2 aromatic rings. The molecule has 0 aromatic heterocycles. The third-order valence-electron chi connectivity index (χ3n) is 4.05. The van der Waals surface area contributed by atoms with E-state index in [1.807, 2.05) is 24.3 Å². The number of hydrogen-bond donors (Lipinski definition) is 2. The van der Waals surface area contributed by atoms with Crippen LogP contribution >= 0.6 is 0 Å². The summed E-state index contributed by atoms with van der Waals surface area (Å²) >= 11 is 0. The first-order chi connectivity index (χ1) is 11.4. The smallest absolute Gasteiger partial charge is 0.252 e. The number of para-hydroxylation sites is 1. The molecule has 0 bridgehead atoms. The highest BCUT2D eigenvalue weighted by Crippen LogP contribution is 2.31. The average molecular weight is 346 g/mol. The summed E-state index contributed by atoms with van der Waals surface area (Å²) in [5.41, 5.74) is 1.89. The zero-order valence-electron chi connectivity index (χ0n) is 13.2. The molecule has 0 spiro atoms. The van der Waals surface area contributed by atoms with Crippen LogP contribution in [0.3, 0.4) is 0 Å². The number of nitrogens with two attached hydrogens (primary N) is 1. The summed E-state index contributed by atoms with van der Waals surface area (Å²) in [6.45, 7) is 2.26. The summed E-state index contributed by atoms with van der Waals surface area (Å²) in [5, 5.41) is 8.10. The minimum atomic E-state index is -3.86. The van der Waals surface area contributed by atoms with Crippen LogP contribution in [0.15, 0.2) is 47.4 Å². The SMILES string of the molecule is Cc1ccc(S(N)(=O)=O)cc1C(=O)N[C@H]1CCOc2ccccc21. The van der Waals surface area contributed by atoms with Gasteiger partial charge >= 0.3 is 0 Å². The lowest BCUT2D eigenvalue weighted by molar-refractivity contribution is 0.0924. The van der Waals surface area contributed by atoms with Crippen molar-refractivity contribution in [1.82, 2.24) is 5.32 Å². The Morgan fingerprint density at radius 1 is 1.25 bits per heavy atom. The first-order valence-corrected chi connectivity index (χ1v) is 9.07. The van der Waals surface area contributed by atoms with E-state index in [4.69, 9.17) is 9.88 Å². The third-order valence-corrected chi connectivity index (χ3v) is 4.96. The lowest BCUT2D eigenvalue weighted by Gasteiger charge is -2.26. The van der Waals surface area contributed by atoms with E-state index in [1.165, 1.54) is 12.1 Å². The van der Waals surface area contributed by atoms with Crippen LogP contribution in [0.4, 0.5) is 0 Å². The number of fused-ring (bicyclic) bond motifs is 1. The highest BCUT2D eigenvalue weighted by atomic mass is 32.2. The molecule has 1 amide bonds. The number of nitrogens with one attached hydrogen (secondary N) is 1. The second kappa shape index (κ2) is 6.26. The molecule has 1 aliphatic heterocycles. The summed E-state index contributed by atoms with van der Waals surface area (Å²) in [6, 6.07) is 11.6. The molecular formula is C17H18N2O4S. The standard InChI is InChI=1S/C17H18N2O4S/c1-11-6-7-12(24(18,21)22)10-14(11)17(20)19-15-8-9-23-16-5-3-2-4-13(15)16/h2-7,10,15H,8-9H2,1H3,(H,19,20)(H2,18,21,22)/t15-/m0/s1. The lowest BCUT2D eigenvalue weighted by atomic mass is 9.99. The molecule has 24 heavy (non-hydrogen) atoms. The molecule has 7 heteroatoms. The largest absolute Gasteiger partial charge is 0.493 e. The number of rotatable bonds is 3. The minimum absolute atomic E-state index is 0.0781. The molecule has 6 nitrogen and oxygen atoms in total. The number of amides is 1. The Balaban J connectivity index is 1.89.